The Morgan fingerprint density at radius 1 is 1.35 bits per heavy atom. The van der Waals surface area contributed by atoms with Crippen molar-refractivity contribution in [3.8, 4) is 0 Å². The molecule has 1 aromatic rings. The van der Waals surface area contributed by atoms with Crippen molar-refractivity contribution in [2.45, 2.75) is 19.6 Å². The lowest BCUT2D eigenvalue weighted by molar-refractivity contribution is -0.147. The molecule has 0 aliphatic heterocycles. The largest absolute Gasteiger partial charge is 0.401 e. The summed E-state index contributed by atoms with van der Waals surface area (Å²) in [6.07, 6.45) is -1.08. The maximum absolute atomic E-state index is 12.3. The third kappa shape index (κ3) is 5.65. The number of aromatic nitrogens is 1. The number of pyridine rings is 1. The normalized spacial score (nSPS) is 12.1. The number of hydrogen-bond acceptors (Lipinski definition) is 3. The summed E-state index contributed by atoms with van der Waals surface area (Å²) in [4.78, 5) is 5.07. The van der Waals surface area contributed by atoms with E-state index in [4.69, 9.17) is 5.11 Å². The highest BCUT2D eigenvalue weighted by Gasteiger charge is 2.30. The molecule has 3 nitrogen and oxygen atoms in total. The number of aliphatic hydroxyl groups excluding tert-OH is 1. The van der Waals surface area contributed by atoms with Crippen LogP contribution in [0.5, 0.6) is 0 Å². The lowest BCUT2D eigenvalue weighted by Gasteiger charge is -2.22. The molecular weight excluding hydrogens is 233 g/mol. The Morgan fingerprint density at radius 2 is 2.06 bits per heavy atom. The number of rotatable bonds is 5. The van der Waals surface area contributed by atoms with E-state index in [1.807, 2.05) is 6.92 Å². The van der Waals surface area contributed by atoms with Gasteiger partial charge in [0.25, 0.3) is 0 Å². The molecule has 0 aliphatic carbocycles. The van der Waals surface area contributed by atoms with Crippen LogP contribution in [0.25, 0.3) is 0 Å². The number of alkyl halides is 3. The van der Waals surface area contributed by atoms with Gasteiger partial charge in [0.05, 0.1) is 13.2 Å². The molecule has 96 valence electrons. The molecule has 0 aromatic carbocycles. The smallest absolute Gasteiger partial charge is 0.395 e. The van der Waals surface area contributed by atoms with Crippen molar-refractivity contribution >= 4 is 0 Å². The molecule has 0 saturated carbocycles. The number of nitrogens with zero attached hydrogens (tertiary/aromatic N) is 2. The molecule has 1 aromatic heterocycles. The number of halogens is 3. The van der Waals surface area contributed by atoms with Gasteiger partial charge in [-0.15, -0.1) is 0 Å². The first-order valence-electron chi connectivity index (χ1n) is 5.21. The van der Waals surface area contributed by atoms with Crippen LogP contribution in [0.2, 0.25) is 0 Å². The summed E-state index contributed by atoms with van der Waals surface area (Å²) in [6, 6.07) is 1.79. The summed E-state index contributed by atoms with van der Waals surface area (Å²) in [6.45, 7) is 0.635. The molecule has 1 N–H and O–H groups in total. The molecule has 0 aliphatic rings. The predicted molar refractivity (Wildman–Crippen MR) is 57.4 cm³/mol. The van der Waals surface area contributed by atoms with Gasteiger partial charge in [0, 0.05) is 25.5 Å². The third-order valence-corrected chi connectivity index (χ3v) is 2.16. The van der Waals surface area contributed by atoms with Crippen LogP contribution in [-0.2, 0) is 6.54 Å². The highest BCUT2D eigenvalue weighted by atomic mass is 19.4. The van der Waals surface area contributed by atoms with Gasteiger partial charge in [-0.25, -0.2) is 0 Å². The SMILES string of the molecule is Cc1cncc(CN(CCO)CC(F)(F)F)c1. The van der Waals surface area contributed by atoms with E-state index >= 15 is 0 Å². The minimum atomic E-state index is -4.26. The van der Waals surface area contributed by atoms with Crippen LogP contribution in [0.15, 0.2) is 18.5 Å². The van der Waals surface area contributed by atoms with Crippen molar-refractivity contribution in [3.63, 3.8) is 0 Å². The summed E-state index contributed by atoms with van der Waals surface area (Å²) in [5.41, 5.74) is 1.61. The van der Waals surface area contributed by atoms with Gasteiger partial charge in [0.2, 0.25) is 0 Å². The molecule has 1 heterocycles. The number of hydrogen-bond donors (Lipinski definition) is 1. The van der Waals surface area contributed by atoms with Crippen molar-refractivity contribution in [2.24, 2.45) is 0 Å². The van der Waals surface area contributed by atoms with Gasteiger partial charge in [-0.05, 0) is 18.1 Å². The van der Waals surface area contributed by atoms with Gasteiger partial charge in [-0.3, -0.25) is 9.88 Å². The standard InChI is InChI=1S/C11H15F3N2O/c1-9-4-10(6-15-5-9)7-16(2-3-17)8-11(12,13)14/h4-6,17H,2-3,7-8H2,1H3. The van der Waals surface area contributed by atoms with E-state index in [-0.39, 0.29) is 19.7 Å². The van der Waals surface area contributed by atoms with Crippen LogP contribution in [0.1, 0.15) is 11.1 Å². The van der Waals surface area contributed by atoms with Gasteiger partial charge in [-0.2, -0.15) is 13.2 Å². The highest BCUT2D eigenvalue weighted by molar-refractivity contribution is 5.16. The van der Waals surface area contributed by atoms with E-state index in [0.29, 0.717) is 5.56 Å². The van der Waals surface area contributed by atoms with Crippen LogP contribution >= 0.6 is 0 Å². The molecule has 0 radical (unpaired) electrons. The average molecular weight is 248 g/mol. The fraction of sp³-hybridized carbons (Fsp3) is 0.545. The monoisotopic (exact) mass is 248 g/mol. The Morgan fingerprint density at radius 3 is 2.59 bits per heavy atom. The van der Waals surface area contributed by atoms with Crippen LogP contribution in [-0.4, -0.2) is 40.9 Å². The van der Waals surface area contributed by atoms with Gasteiger partial charge in [-0.1, -0.05) is 6.07 Å². The number of aryl methyl sites for hydroxylation is 1. The van der Waals surface area contributed by atoms with Crippen LogP contribution < -0.4 is 0 Å². The molecule has 0 unspecified atom stereocenters. The van der Waals surface area contributed by atoms with Crippen LogP contribution in [0.4, 0.5) is 13.2 Å². The van der Waals surface area contributed by atoms with E-state index in [9.17, 15) is 13.2 Å². The molecule has 0 amide bonds. The summed E-state index contributed by atoms with van der Waals surface area (Å²) in [7, 11) is 0. The summed E-state index contributed by atoms with van der Waals surface area (Å²) < 4.78 is 36.8. The Hall–Kier alpha value is -1.14. The minimum Gasteiger partial charge on any atom is -0.395 e. The Balaban J connectivity index is 2.66. The summed E-state index contributed by atoms with van der Waals surface area (Å²) in [5, 5.41) is 8.74. The van der Waals surface area contributed by atoms with Gasteiger partial charge < -0.3 is 5.11 Å². The van der Waals surface area contributed by atoms with E-state index in [1.165, 1.54) is 6.20 Å². The zero-order valence-corrected chi connectivity index (χ0v) is 9.54. The van der Waals surface area contributed by atoms with E-state index in [2.05, 4.69) is 4.98 Å². The highest BCUT2D eigenvalue weighted by Crippen LogP contribution is 2.17. The zero-order valence-electron chi connectivity index (χ0n) is 9.54. The summed E-state index contributed by atoms with van der Waals surface area (Å²) >= 11 is 0. The first-order valence-corrected chi connectivity index (χ1v) is 5.21. The van der Waals surface area contributed by atoms with Crippen molar-refractivity contribution in [1.82, 2.24) is 9.88 Å². The topological polar surface area (TPSA) is 36.4 Å². The summed E-state index contributed by atoms with van der Waals surface area (Å²) in [5.74, 6) is 0. The zero-order chi connectivity index (χ0) is 12.9. The maximum atomic E-state index is 12.3. The van der Waals surface area contributed by atoms with E-state index in [1.54, 1.807) is 12.3 Å². The molecule has 17 heavy (non-hydrogen) atoms. The predicted octanol–water partition coefficient (Wildman–Crippen LogP) is 1.75. The van der Waals surface area contributed by atoms with Gasteiger partial charge in [0.1, 0.15) is 0 Å². The van der Waals surface area contributed by atoms with Crippen molar-refractivity contribution in [3.05, 3.63) is 29.6 Å². The van der Waals surface area contributed by atoms with Gasteiger partial charge >= 0.3 is 6.18 Å². The average Bonchev–Trinajstić information content (AvgIpc) is 2.15. The van der Waals surface area contributed by atoms with Crippen molar-refractivity contribution < 1.29 is 18.3 Å². The van der Waals surface area contributed by atoms with Crippen LogP contribution in [0, 0.1) is 6.92 Å². The first-order chi connectivity index (χ1) is 7.90. The molecule has 0 spiro atoms. The molecule has 0 fully saturated rings. The minimum absolute atomic E-state index is 0.00650. The van der Waals surface area contributed by atoms with Crippen LogP contribution in [0.3, 0.4) is 0 Å². The van der Waals surface area contributed by atoms with Gasteiger partial charge in [0.15, 0.2) is 0 Å². The quantitative estimate of drug-likeness (QED) is 0.862. The molecule has 1 rings (SSSR count). The first kappa shape index (κ1) is 13.9. The fourth-order valence-corrected chi connectivity index (χ4v) is 1.57. The van der Waals surface area contributed by atoms with Crippen molar-refractivity contribution in [1.29, 1.82) is 0 Å². The third-order valence-electron chi connectivity index (χ3n) is 2.16. The molecule has 0 bridgehead atoms. The molecule has 0 atom stereocenters. The lowest BCUT2D eigenvalue weighted by Crippen LogP contribution is -2.35. The second kappa shape index (κ2) is 5.97. The Kier molecular flexibility index (Phi) is 4.89. The Labute approximate surface area is 97.9 Å². The fourth-order valence-electron chi connectivity index (χ4n) is 1.57. The molecule has 0 saturated heterocycles. The number of aliphatic hydroxyl groups is 1. The second-order valence-electron chi connectivity index (χ2n) is 3.92. The molecular formula is C11H15F3N2O. The molecule has 6 heteroatoms. The maximum Gasteiger partial charge on any atom is 0.401 e. The lowest BCUT2D eigenvalue weighted by atomic mass is 10.2. The van der Waals surface area contributed by atoms with Crippen molar-refractivity contribution in [2.75, 3.05) is 19.7 Å². The Bertz CT molecular complexity index is 355. The second-order valence-corrected chi connectivity index (χ2v) is 3.92. The van der Waals surface area contributed by atoms with E-state index < -0.39 is 12.7 Å². The van der Waals surface area contributed by atoms with E-state index in [0.717, 1.165) is 10.5 Å².